The predicted molar refractivity (Wildman–Crippen MR) is 133 cm³/mol. The summed E-state index contributed by atoms with van der Waals surface area (Å²) in [5, 5.41) is 21.4. The third-order valence-corrected chi connectivity index (χ3v) is 6.27. The van der Waals surface area contributed by atoms with Crippen LogP contribution in [0.25, 0.3) is 10.9 Å². The molecule has 208 valence electrons. The molecule has 39 heavy (non-hydrogen) atoms. The van der Waals surface area contributed by atoms with E-state index in [0.29, 0.717) is 10.5 Å². The Hall–Kier alpha value is -4.18. The van der Waals surface area contributed by atoms with Crippen LogP contribution in [0, 0.1) is 0 Å². The second kappa shape index (κ2) is 12.6. The number of benzene rings is 2. The van der Waals surface area contributed by atoms with Gasteiger partial charge in [0.15, 0.2) is 0 Å². The van der Waals surface area contributed by atoms with Crippen molar-refractivity contribution in [2.24, 2.45) is 5.73 Å². The maximum Gasteiger partial charge on any atom is 0.573 e. The molecule has 0 spiro atoms. The SMILES string of the molecule is C[C@H](NC(=O)Cn1nnc2cc(SC[C@H](N)C(=O)NCC(=O)O)ccc2c1=O)c1ccc(OC(F)(F)F)cc1. The fourth-order valence-corrected chi connectivity index (χ4v) is 4.15. The molecular weight excluding hydrogens is 545 g/mol. The smallest absolute Gasteiger partial charge is 0.480 e. The Labute approximate surface area is 222 Å². The van der Waals surface area contributed by atoms with Crippen molar-refractivity contribution >= 4 is 40.4 Å². The molecule has 0 radical (unpaired) electrons. The molecule has 0 saturated heterocycles. The fourth-order valence-electron chi connectivity index (χ4n) is 3.27. The number of aromatic nitrogens is 3. The van der Waals surface area contributed by atoms with Crippen LogP contribution in [-0.2, 0) is 20.9 Å². The molecule has 0 aliphatic rings. The molecule has 0 bridgehead atoms. The minimum Gasteiger partial charge on any atom is -0.480 e. The first kappa shape index (κ1) is 29.4. The van der Waals surface area contributed by atoms with Gasteiger partial charge in [-0.2, -0.15) is 0 Å². The number of carbonyl (C=O) groups excluding carboxylic acids is 2. The van der Waals surface area contributed by atoms with Gasteiger partial charge >= 0.3 is 12.3 Å². The van der Waals surface area contributed by atoms with E-state index in [1.807, 2.05) is 0 Å². The Morgan fingerprint density at radius 2 is 1.87 bits per heavy atom. The van der Waals surface area contributed by atoms with Crippen LogP contribution in [0.2, 0.25) is 0 Å². The lowest BCUT2D eigenvalue weighted by atomic mass is 10.1. The minimum atomic E-state index is -4.81. The van der Waals surface area contributed by atoms with Crippen LogP contribution >= 0.6 is 11.8 Å². The summed E-state index contributed by atoms with van der Waals surface area (Å²) in [6, 6.07) is 8.11. The highest BCUT2D eigenvalue weighted by Gasteiger charge is 2.31. The number of carbonyl (C=O) groups is 3. The molecular formula is C23H23F3N6O6S. The lowest BCUT2D eigenvalue weighted by Gasteiger charge is -2.15. The molecule has 5 N–H and O–H groups in total. The van der Waals surface area contributed by atoms with Crippen molar-refractivity contribution in [2.45, 2.75) is 36.8 Å². The van der Waals surface area contributed by atoms with E-state index in [0.717, 1.165) is 16.8 Å². The average Bonchev–Trinajstić information content (AvgIpc) is 2.86. The average molecular weight is 569 g/mol. The highest BCUT2D eigenvalue weighted by molar-refractivity contribution is 7.99. The molecule has 2 atom stereocenters. The Morgan fingerprint density at radius 1 is 1.18 bits per heavy atom. The number of hydrogen-bond acceptors (Lipinski definition) is 9. The van der Waals surface area contributed by atoms with E-state index in [1.54, 1.807) is 19.1 Å². The van der Waals surface area contributed by atoms with Crippen LogP contribution in [0.5, 0.6) is 5.75 Å². The van der Waals surface area contributed by atoms with E-state index < -0.39 is 60.6 Å². The van der Waals surface area contributed by atoms with Crippen molar-refractivity contribution < 1.29 is 37.4 Å². The molecule has 3 rings (SSSR count). The minimum absolute atomic E-state index is 0.137. The lowest BCUT2D eigenvalue weighted by molar-refractivity contribution is -0.274. The number of aliphatic carboxylic acids is 1. The van der Waals surface area contributed by atoms with E-state index in [9.17, 15) is 32.3 Å². The van der Waals surface area contributed by atoms with Gasteiger partial charge in [0.2, 0.25) is 11.8 Å². The van der Waals surface area contributed by atoms with E-state index in [2.05, 4.69) is 25.7 Å². The van der Waals surface area contributed by atoms with Gasteiger partial charge in [0.05, 0.1) is 17.5 Å². The molecule has 0 aliphatic heterocycles. The molecule has 3 aromatic rings. The fraction of sp³-hybridized carbons (Fsp3) is 0.304. The first-order chi connectivity index (χ1) is 18.3. The van der Waals surface area contributed by atoms with Gasteiger partial charge in [-0.3, -0.25) is 19.2 Å². The normalized spacial score (nSPS) is 12.9. The number of hydrogen-bond donors (Lipinski definition) is 4. The maximum absolute atomic E-state index is 12.8. The van der Waals surface area contributed by atoms with Crippen LogP contribution in [0.3, 0.4) is 0 Å². The summed E-state index contributed by atoms with van der Waals surface area (Å²) in [7, 11) is 0. The first-order valence-corrected chi connectivity index (χ1v) is 12.2. The van der Waals surface area contributed by atoms with Crippen LogP contribution < -0.4 is 26.7 Å². The van der Waals surface area contributed by atoms with Crippen molar-refractivity contribution in [3.05, 3.63) is 58.4 Å². The summed E-state index contributed by atoms with van der Waals surface area (Å²) in [6.45, 7) is 0.630. The van der Waals surface area contributed by atoms with Gasteiger partial charge in [-0.15, -0.1) is 30.0 Å². The molecule has 2 amide bonds. The number of thioether (sulfide) groups is 1. The van der Waals surface area contributed by atoms with Gasteiger partial charge in [0.1, 0.15) is 24.4 Å². The molecule has 12 nitrogen and oxygen atoms in total. The zero-order valence-corrected chi connectivity index (χ0v) is 21.1. The molecule has 0 unspecified atom stereocenters. The summed E-state index contributed by atoms with van der Waals surface area (Å²) in [5.74, 6) is -2.64. The van der Waals surface area contributed by atoms with Crippen molar-refractivity contribution in [3.8, 4) is 5.75 Å². The monoisotopic (exact) mass is 568 g/mol. The number of fused-ring (bicyclic) bond motifs is 1. The summed E-state index contributed by atoms with van der Waals surface area (Å²) in [4.78, 5) is 48.3. The van der Waals surface area contributed by atoms with Crippen LogP contribution in [0.1, 0.15) is 18.5 Å². The van der Waals surface area contributed by atoms with Crippen molar-refractivity contribution in [1.82, 2.24) is 25.6 Å². The number of nitrogens with zero attached hydrogens (tertiary/aromatic N) is 3. The Bertz CT molecular complexity index is 1420. The van der Waals surface area contributed by atoms with E-state index in [1.165, 1.54) is 30.0 Å². The van der Waals surface area contributed by atoms with Crippen molar-refractivity contribution in [1.29, 1.82) is 0 Å². The third kappa shape index (κ3) is 8.68. The topological polar surface area (TPSA) is 179 Å². The summed E-state index contributed by atoms with van der Waals surface area (Å²) >= 11 is 1.20. The van der Waals surface area contributed by atoms with Gasteiger partial charge in [-0.1, -0.05) is 17.3 Å². The lowest BCUT2D eigenvalue weighted by Crippen LogP contribution is -2.44. The summed E-state index contributed by atoms with van der Waals surface area (Å²) in [5.41, 5.74) is 5.95. The van der Waals surface area contributed by atoms with E-state index in [4.69, 9.17) is 10.8 Å². The standard InChI is InChI=1S/C23H23F3N6O6S/c1-12(13-2-4-14(5-3-13)38-23(24,25)26)29-19(33)10-32-22(37)16-7-6-15(8-18(16)30-31-32)39-11-17(27)21(36)28-9-20(34)35/h2-8,12,17H,9-11,27H2,1H3,(H,28,36)(H,29,33)(H,34,35)/t12-,17-/m0/s1. The summed E-state index contributed by atoms with van der Waals surface area (Å²) < 4.78 is 41.6. The zero-order chi connectivity index (χ0) is 28.7. The van der Waals surface area contributed by atoms with E-state index in [-0.39, 0.29) is 16.7 Å². The second-order valence-corrected chi connectivity index (χ2v) is 9.26. The number of carboxylic acid groups (broad SMARTS) is 1. The molecule has 0 aliphatic carbocycles. The number of amides is 2. The van der Waals surface area contributed by atoms with E-state index >= 15 is 0 Å². The van der Waals surface area contributed by atoms with Crippen molar-refractivity contribution in [3.63, 3.8) is 0 Å². The predicted octanol–water partition coefficient (Wildman–Crippen LogP) is 1.19. The van der Waals surface area contributed by atoms with Gasteiger partial charge in [-0.05, 0) is 42.8 Å². The zero-order valence-electron chi connectivity index (χ0n) is 20.3. The Balaban J connectivity index is 1.60. The Morgan fingerprint density at radius 3 is 2.51 bits per heavy atom. The largest absolute Gasteiger partial charge is 0.573 e. The van der Waals surface area contributed by atoms with Gasteiger partial charge in [-0.25, -0.2) is 4.68 Å². The summed E-state index contributed by atoms with van der Waals surface area (Å²) in [6.07, 6.45) is -4.81. The molecule has 0 fully saturated rings. The number of rotatable bonds is 11. The van der Waals surface area contributed by atoms with Crippen molar-refractivity contribution in [2.75, 3.05) is 12.3 Å². The van der Waals surface area contributed by atoms with Crippen LogP contribution in [0.4, 0.5) is 13.2 Å². The number of nitrogens with one attached hydrogen (secondary N) is 2. The Kier molecular flexibility index (Phi) is 9.47. The maximum atomic E-state index is 12.8. The highest BCUT2D eigenvalue weighted by Crippen LogP contribution is 2.24. The van der Waals surface area contributed by atoms with Crippen LogP contribution in [-0.4, -0.2) is 62.6 Å². The number of alkyl halides is 3. The molecule has 0 saturated carbocycles. The molecule has 2 aromatic carbocycles. The van der Waals surface area contributed by atoms with Gasteiger partial charge < -0.3 is 26.2 Å². The number of halogens is 3. The molecule has 1 heterocycles. The number of ether oxygens (including phenoxy) is 1. The van der Waals surface area contributed by atoms with Crippen LogP contribution in [0.15, 0.2) is 52.2 Å². The molecule has 1 aromatic heterocycles. The number of carboxylic acids is 1. The van der Waals surface area contributed by atoms with Gasteiger partial charge in [0.25, 0.3) is 5.56 Å². The first-order valence-electron chi connectivity index (χ1n) is 11.2. The van der Waals surface area contributed by atoms with Gasteiger partial charge in [0, 0.05) is 10.6 Å². The third-order valence-electron chi connectivity index (χ3n) is 5.16. The number of nitrogens with two attached hydrogens (primary N) is 1. The second-order valence-electron chi connectivity index (χ2n) is 8.17. The quantitative estimate of drug-likeness (QED) is 0.246. The molecule has 16 heteroatoms. The highest BCUT2D eigenvalue weighted by atomic mass is 32.2.